The van der Waals surface area contributed by atoms with E-state index < -0.39 is 10.0 Å². The Morgan fingerprint density at radius 2 is 1.89 bits per heavy atom. The van der Waals surface area contributed by atoms with Crippen LogP contribution in [0, 0.1) is 5.92 Å². The Balaban J connectivity index is 1.63. The molecule has 4 rings (SSSR count). The van der Waals surface area contributed by atoms with E-state index in [4.69, 9.17) is 0 Å². The van der Waals surface area contributed by atoms with Crippen molar-refractivity contribution < 1.29 is 13.2 Å². The molecule has 0 saturated heterocycles. The van der Waals surface area contributed by atoms with Crippen molar-refractivity contribution in [3.8, 4) is 0 Å². The van der Waals surface area contributed by atoms with E-state index in [1.807, 2.05) is 30.3 Å². The summed E-state index contributed by atoms with van der Waals surface area (Å²) in [7, 11) is -3.64. The Kier molecular flexibility index (Phi) is 4.78. The minimum absolute atomic E-state index is 0.0115. The van der Waals surface area contributed by atoms with Gasteiger partial charge in [-0.05, 0) is 60.9 Å². The van der Waals surface area contributed by atoms with Gasteiger partial charge in [-0.2, -0.15) is 0 Å². The second-order valence-electron chi connectivity index (χ2n) is 7.41. The number of anilines is 1. The van der Waals surface area contributed by atoms with Gasteiger partial charge in [-0.15, -0.1) is 0 Å². The number of carbonyl (C=O) groups is 1. The molecule has 1 aliphatic heterocycles. The molecule has 1 amide bonds. The van der Waals surface area contributed by atoms with E-state index in [0.717, 1.165) is 42.5 Å². The maximum Gasteiger partial charge on any atom is 0.241 e. The quantitative estimate of drug-likeness (QED) is 0.859. The highest BCUT2D eigenvalue weighted by atomic mass is 32.2. The van der Waals surface area contributed by atoms with Crippen molar-refractivity contribution in [3.63, 3.8) is 0 Å². The summed E-state index contributed by atoms with van der Waals surface area (Å²) < 4.78 is 29.0. The molecule has 6 heteroatoms. The number of benzene rings is 2. The number of nitrogens with one attached hydrogen (secondary N) is 1. The van der Waals surface area contributed by atoms with Gasteiger partial charge < -0.3 is 4.90 Å². The topological polar surface area (TPSA) is 66.5 Å². The Morgan fingerprint density at radius 1 is 1.15 bits per heavy atom. The highest BCUT2D eigenvalue weighted by Crippen LogP contribution is 2.42. The highest BCUT2D eigenvalue weighted by Gasteiger charge is 2.35. The maximum absolute atomic E-state index is 13.1. The lowest BCUT2D eigenvalue weighted by molar-refractivity contribution is -0.116. The van der Waals surface area contributed by atoms with E-state index in [0.29, 0.717) is 12.5 Å². The van der Waals surface area contributed by atoms with Crippen molar-refractivity contribution in [2.24, 2.45) is 5.92 Å². The second kappa shape index (κ2) is 7.09. The molecule has 1 N–H and O–H groups in total. The number of hydrogen-bond donors (Lipinski definition) is 1. The first-order valence-electron chi connectivity index (χ1n) is 9.44. The van der Waals surface area contributed by atoms with E-state index in [2.05, 4.69) is 4.72 Å². The van der Waals surface area contributed by atoms with Gasteiger partial charge >= 0.3 is 0 Å². The van der Waals surface area contributed by atoms with Crippen LogP contribution in [0.2, 0.25) is 0 Å². The Labute approximate surface area is 160 Å². The van der Waals surface area contributed by atoms with Crippen LogP contribution in [0.1, 0.15) is 43.4 Å². The lowest BCUT2D eigenvalue weighted by atomic mass is 10.0. The van der Waals surface area contributed by atoms with Crippen LogP contribution in [0.15, 0.2) is 53.4 Å². The molecule has 2 aromatic rings. The average Bonchev–Trinajstić information content (AvgIpc) is 3.51. The van der Waals surface area contributed by atoms with Gasteiger partial charge in [0.2, 0.25) is 15.9 Å². The van der Waals surface area contributed by atoms with Gasteiger partial charge in [0, 0.05) is 25.2 Å². The molecule has 1 atom stereocenters. The molecule has 2 aromatic carbocycles. The summed E-state index contributed by atoms with van der Waals surface area (Å²) in [5.74, 6) is 0.343. The normalized spacial score (nSPS) is 18.0. The predicted molar refractivity (Wildman–Crippen MR) is 105 cm³/mol. The smallest absolute Gasteiger partial charge is 0.241 e. The number of fused-ring (bicyclic) bond motifs is 1. The number of aryl methyl sites for hydroxylation is 1. The summed E-state index contributed by atoms with van der Waals surface area (Å²) in [5.41, 5.74) is 2.75. The van der Waals surface area contributed by atoms with Crippen molar-refractivity contribution >= 4 is 21.6 Å². The zero-order valence-corrected chi connectivity index (χ0v) is 16.2. The minimum atomic E-state index is -3.64. The summed E-state index contributed by atoms with van der Waals surface area (Å²) in [6, 6.07) is 14.7. The fourth-order valence-corrected chi connectivity index (χ4v) is 5.17. The molecule has 0 aromatic heterocycles. The fraction of sp³-hybridized carbons (Fsp3) is 0.381. The van der Waals surface area contributed by atoms with Crippen molar-refractivity contribution in [2.75, 3.05) is 11.4 Å². The van der Waals surface area contributed by atoms with Crippen LogP contribution in [-0.4, -0.2) is 20.9 Å². The molecule has 0 spiro atoms. The van der Waals surface area contributed by atoms with Crippen LogP contribution in [0.5, 0.6) is 0 Å². The van der Waals surface area contributed by atoms with Crippen molar-refractivity contribution in [1.29, 1.82) is 0 Å². The minimum Gasteiger partial charge on any atom is -0.312 e. The van der Waals surface area contributed by atoms with Gasteiger partial charge in [-0.25, -0.2) is 13.1 Å². The second-order valence-corrected chi connectivity index (χ2v) is 9.13. The summed E-state index contributed by atoms with van der Waals surface area (Å²) in [5, 5.41) is 0. The summed E-state index contributed by atoms with van der Waals surface area (Å²) >= 11 is 0. The first-order valence-corrected chi connectivity index (χ1v) is 10.9. The third-order valence-electron chi connectivity index (χ3n) is 5.39. The number of carbonyl (C=O) groups excluding carboxylic acids is 1. The fourth-order valence-electron chi connectivity index (χ4n) is 3.83. The monoisotopic (exact) mass is 384 g/mol. The largest absolute Gasteiger partial charge is 0.312 e. The van der Waals surface area contributed by atoms with Crippen molar-refractivity contribution in [3.05, 3.63) is 59.7 Å². The lowest BCUT2D eigenvalue weighted by Crippen LogP contribution is -2.34. The summed E-state index contributed by atoms with van der Waals surface area (Å²) in [6.07, 6.45) is 3.71. The van der Waals surface area contributed by atoms with Crippen LogP contribution in [0.4, 0.5) is 5.69 Å². The first-order chi connectivity index (χ1) is 13.0. The van der Waals surface area contributed by atoms with Crippen LogP contribution in [0.3, 0.4) is 0 Å². The molecule has 1 fully saturated rings. The van der Waals surface area contributed by atoms with Gasteiger partial charge in [0.25, 0.3) is 0 Å². The first kappa shape index (κ1) is 18.2. The van der Waals surface area contributed by atoms with Crippen LogP contribution in [0.25, 0.3) is 0 Å². The van der Waals surface area contributed by atoms with Gasteiger partial charge in [-0.1, -0.05) is 30.3 Å². The summed E-state index contributed by atoms with van der Waals surface area (Å²) in [6.45, 7) is 2.23. The molecular weight excluding hydrogens is 360 g/mol. The SMILES string of the molecule is CC(=O)N1CCCc2cc(S(=O)(=O)NC(c3ccccc3)C3CC3)ccc21. The third kappa shape index (κ3) is 3.77. The average molecular weight is 385 g/mol. The van der Waals surface area contributed by atoms with E-state index in [1.165, 1.54) is 0 Å². The van der Waals surface area contributed by atoms with Crippen molar-refractivity contribution in [1.82, 2.24) is 4.72 Å². The highest BCUT2D eigenvalue weighted by molar-refractivity contribution is 7.89. The lowest BCUT2D eigenvalue weighted by Gasteiger charge is -2.29. The molecule has 0 radical (unpaired) electrons. The van der Waals surface area contributed by atoms with E-state index >= 15 is 0 Å². The predicted octanol–water partition coefficient (Wildman–Crippen LogP) is 3.42. The zero-order valence-electron chi connectivity index (χ0n) is 15.4. The molecule has 142 valence electrons. The van der Waals surface area contributed by atoms with Gasteiger partial charge in [0.15, 0.2) is 0 Å². The Morgan fingerprint density at radius 3 is 2.56 bits per heavy atom. The summed E-state index contributed by atoms with van der Waals surface area (Å²) in [4.78, 5) is 13.8. The molecule has 5 nitrogen and oxygen atoms in total. The molecule has 1 aliphatic carbocycles. The third-order valence-corrected chi connectivity index (χ3v) is 6.83. The van der Waals surface area contributed by atoms with Gasteiger partial charge in [-0.3, -0.25) is 4.79 Å². The maximum atomic E-state index is 13.1. The van der Waals surface area contributed by atoms with Crippen LogP contribution in [-0.2, 0) is 21.2 Å². The van der Waals surface area contributed by atoms with Crippen molar-refractivity contribution in [2.45, 2.75) is 43.5 Å². The molecule has 1 saturated carbocycles. The van der Waals surface area contributed by atoms with Gasteiger partial charge in [0.1, 0.15) is 0 Å². The number of amides is 1. The number of hydrogen-bond acceptors (Lipinski definition) is 3. The standard InChI is InChI=1S/C21H24N2O3S/c1-15(24)23-13-5-8-18-14-19(11-12-20(18)23)27(25,26)22-21(17-9-10-17)16-6-3-2-4-7-16/h2-4,6-7,11-12,14,17,21-22H,5,8-10,13H2,1H3. The molecule has 0 bridgehead atoms. The Bertz CT molecular complexity index is 953. The van der Waals surface area contributed by atoms with E-state index in [-0.39, 0.29) is 16.8 Å². The number of sulfonamides is 1. The molecular formula is C21H24N2O3S. The molecule has 2 aliphatic rings. The van der Waals surface area contributed by atoms with E-state index in [1.54, 1.807) is 30.0 Å². The van der Waals surface area contributed by atoms with Crippen LogP contribution >= 0.6 is 0 Å². The van der Waals surface area contributed by atoms with Gasteiger partial charge in [0.05, 0.1) is 4.90 Å². The number of rotatable bonds is 5. The Hall–Kier alpha value is -2.18. The molecule has 1 unspecified atom stereocenters. The molecule has 1 heterocycles. The number of nitrogens with zero attached hydrogens (tertiary/aromatic N) is 1. The molecule has 27 heavy (non-hydrogen) atoms. The van der Waals surface area contributed by atoms with Crippen LogP contribution < -0.4 is 9.62 Å². The van der Waals surface area contributed by atoms with E-state index in [9.17, 15) is 13.2 Å². The zero-order chi connectivity index (χ0) is 19.0.